The van der Waals surface area contributed by atoms with Gasteiger partial charge in [0.05, 0.1) is 0 Å². The van der Waals surface area contributed by atoms with E-state index in [1.165, 1.54) is 11.1 Å². The molecule has 2 aliphatic rings. The van der Waals surface area contributed by atoms with E-state index in [1.54, 1.807) is 0 Å². The highest BCUT2D eigenvalue weighted by Crippen LogP contribution is 2.32. The molecule has 0 radical (unpaired) electrons. The van der Waals surface area contributed by atoms with E-state index in [2.05, 4.69) is 58.4 Å². The maximum atomic E-state index is 13.6. The fourth-order valence-electron chi connectivity index (χ4n) is 5.37. The van der Waals surface area contributed by atoms with Crippen LogP contribution in [0.2, 0.25) is 0 Å². The lowest BCUT2D eigenvalue weighted by molar-refractivity contribution is -0.142. The number of carbonyl (C=O) groups is 1. The highest BCUT2D eigenvalue weighted by Gasteiger charge is 2.33. The number of rotatable bonds is 9. The first-order chi connectivity index (χ1) is 16.6. The van der Waals surface area contributed by atoms with Crippen molar-refractivity contribution in [2.24, 2.45) is 28.3 Å². The molecule has 1 atom stereocenters. The van der Waals surface area contributed by atoms with E-state index in [0.717, 1.165) is 45.1 Å². The Morgan fingerprint density at radius 2 is 1.50 bits per heavy atom. The number of hydrogen-bond donors (Lipinski definition) is 2. The molecule has 1 unspecified atom stereocenters. The van der Waals surface area contributed by atoms with Crippen LogP contribution in [0, 0.1) is 11.8 Å². The Hall–Kier alpha value is -2.86. The lowest BCUT2D eigenvalue weighted by Crippen LogP contribution is -2.44. The van der Waals surface area contributed by atoms with Gasteiger partial charge in [-0.2, -0.15) is 0 Å². The van der Waals surface area contributed by atoms with Crippen LogP contribution < -0.4 is 11.5 Å². The minimum absolute atomic E-state index is 0.131. The Morgan fingerprint density at radius 3 is 2.03 bits per heavy atom. The molecular weight excluding hydrogens is 424 g/mol. The summed E-state index contributed by atoms with van der Waals surface area (Å²) in [5, 5.41) is 0. The molecule has 182 valence electrons. The van der Waals surface area contributed by atoms with Gasteiger partial charge in [0.1, 0.15) is 6.10 Å². The molecule has 1 aliphatic heterocycles. The first-order valence-electron chi connectivity index (χ1n) is 12.7. The maximum absolute atomic E-state index is 13.6. The average Bonchev–Trinajstić information content (AvgIpc) is 3.42. The van der Waals surface area contributed by atoms with Gasteiger partial charge in [-0.1, -0.05) is 60.7 Å². The summed E-state index contributed by atoms with van der Waals surface area (Å²) in [5.41, 5.74) is 13.5. The van der Waals surface area contributed by atoms with Crippen LogP contribution in [-0.4, -0.2) is 49.1 Å². The van der Waals surface area contributed by atoms with Gasteiger partial charge in [0, 0.05) is 32.2 Å². The number of nitrogens with two attached hydrogens (primary N) is 2. The molecule has 2 aromatic carbocycles. The summed E-state index contributed by atoms with van der Waals surface area (Å²) in [6.45, 7) is 2.84. The first-order valence-corrected chi connectivity index (χ1v) is 12.7. The molecule has 2 aromatic rings. The molecule has 4 N–H and O–H groups in total. The largest absolute Gasteiger partial charge is 0.370 e. The topological polar surface area (TPSA) is 93.9 Å². The van der Waals surface area contributed by atoms with Crippen molar-refractivity contribution in [1.82, 2.24) is 4.90 Å². The second kappa shape index (κ2) is 12.0. The fourth-order valence-corrected chi connectivity index (χ4v) is 5.37. The van der Waals surface area contributed by atoms with Gasteiger partial charge >= 0.3 is 0 Å². The van der Waals surface area contributed by atoms with Gasteiger partial charge in [-0.25, -0.2) is 0 Å². The lowest BCUT2D eigenvalue weighted by atomic mass is 9.81. The molecule has 1 amide bonds. The predicted molar refractivity (Wildman–Crippen MR) is 136 cm³/mol. The van der Waals surface area contributed by atoms with Crippen LogP contribution in [0.3, 0.4) is 0 Å². The molecule has 0 spiro atoms. The monoisotopic (exact) mass is 462 g/mol. The van der Waals surface area contributed by atoms with Crippen molar-refractivity contribution in [2.45, 2.75) is 50.5 Å². The van der Waals surface area contributed by atoms with Crippen LogP contribution in [0.25, 0.3) is 0 Å². The van der Waals surface area contributed by atoms with Crippen LogP contribution >= 0.6 is 0 Å². The van der Waals surface area contributed by atoms with Crippen LogP contribution in [0.5, 0.6) is 0 Å². The van der Waals surface area contributed by atoms with E-state index in [-0.39, 0.29) is 23.9 Å². The van der Waals surface area contributed by atoms with Gasteiger partial charge in [-0.15, -0.1) is 0 Å². The summed E-state index contributed by atoms with van der Waals surface area (Å²) in [6.07, 6.45) is 5.88. The van der Waals surface area contributed by atoms with E-state index in [1.807, 2.05) is 12.1 Å². The van der Waals surface area contributed by atoms with E-state index in [9.17, 15) is 4.79 Å². The van der Waals surface area contributed by atoms with Gasteiger partial charge in [0.25, 0.3) is 5.91 Å². The lowest BCUT2D eigenvalue weighted by Gasteiger charge is -2.35. The summed E-state index contributed by atoms with van der Waals surface area (Å²) in [6, 6.07) is 21.1. The number of amides is 1. The minimum atomic E-state index is -0.301. The summed E-state index contributed by atoms with van der Waals surface area (Å²) >= 11 is 0. The molecule has 6 heteroatoms. The van der Waals surface area contributed by atoms with E-state index < -0.39 is 0 Å². The van der Waals surface area contributed by atoms with Crippen molar-refractivity contribution >= 4 is 11.9 Å². The van der Waals surface area contributed by atoms with Crippen LogP contribution in [0.1, 0.15) is 55.6 Å². The highest BCUT2D eigenvalue weighted by atomic mass is 16.5. The zero-order valence-corrected chi connectivity index (χ0v) is 20.0. The second-order valence-corrected chi connectivity index (χ2v) is 9.77. The van der Waals surface area contributed by atoms with Gasteiger partial charge in [-0.3, -0.25) is 9.79 Å². The molecule has 1 heterocycles. The van der Waals surface area contributed by atoms with Gasteiger partial charge in [-0.05, 0) is 61.5 Å². The smallest absolute Gasteiger partial charge is 0.251 e. The minimum Gasteiger partial charge on any atom is -0.370 e. The standard InChI is InChI=1S/C28H38N4O2/c29-28(30)31-18-21-13-15-22(16-14-21)19-32(27(33)26-12-7-17-34-26)20-25(23-8-3-1-4-9-23)24-10-5-2-6-11-24/h1-6,8-11,21-22,25-26H,7,12-20H2,(H4,29,30,31). The number of ether oxygens (including phenoxy) is 1. The summed E-state index contributed by atoms with van der Waals surface area (Å²) in [7, 11) is 0. The number of carbonyl (C=O) groups excluding carboxylic acids is 1. The predicted octanol–water partition coefficient (Wildman–Crippen LogP) is 3.91. The van der Waals surface area contributed by atoms with Crippen LogP contribution in [0.15, 0.2) is 65.7 Å². The van der Waals surface area contributed by atoms with Crippen molar-refractivity contribution in [2.75, 3.05) is 26.2 Å². The molecule has 34 heavy (non-hydrogen) atoms. The molecule has 0 aromatic heterocycles. The zero-order valence-electron chi connectivity index (χ0n) is 20.0. The van der Waals surface area contributed by atoms with Gasteiger partial charge < -0.3 is 21.1 Å². The maximum Gasteiger partial charge on any atom is 0.251 e. The molecule has 1 saturated heterocycles. The summed E-state index contributed by atoms with van der Waals surface area (Å²) in [5.74, 6) is 1.47. The van der Waals surface area contributed by atoms with Crippen LogP contribution in [0.4, 0.5) is 0 Å². The Bertz CT molecular complexity index is 876. The molecule has 4 rings (SSSR count). The molecular formula is C28H38N4O2. The Labute approximate surface area is 203 Å². The van der Waals surface area contributed by atoms with E-state index >= 15 is 0 Å². The SMILES string of the molecule is NC(N)=NCC1CCC(CN(CC(c2ccccc2)c2ccccc2)C(=O)C2CCCO2)CC1. The van der Waals surface area contributed by atoms with Gasteiger partial charge in [0.15, 0.2) is 5.96 Å². The molecule has 1 saturated carbocycles. The fraction of sp³-hybridized carbons (Fsp3) is 0.500. The number of benzene rings is 2. The van der Waals surface area contributed by atoms with Crippen molar-refractivity contribution < 1.29 is 9.53 Å². The average molecular weight is 463 g/mol. The van der Waals surface area contributed by atoms with Gasteiger partial charge in [0.2, 0.25) is 0 Å². The van der Waals surface area contributed by atoms with Crippen molar-refractivity contribution in [3.05, 3.63) is 71.8 Å². The van der Waals surface area contributed by atoms with Crippen molar-refractivity contribution in [3.63, 3.8) is 0 Å². The first kappa shape index (κ1) is 24.3. The summed E-state index contributed by atoms with van der Waals surface area (Å²) < 4.78 is 5.82. The Morgan fingerprint density at radius 1 is 0.912 bits per heavy atom. The number of hydrogen-bond acceptors (Lipinski definition) is 3. The molecule has 6 nitrogen and oxygen atoms in total. The second-order valence-electron chi connectivity index (χ2n) is 9.77. The van der Waals surface area contributed by atoms with Crippen molar-refractivity contribution in [3.8, 4) is 0 Å². The summed E-state index contributed by atoms with van der Waals surface area (Å²) in [4.78, 5) is 19.9. The number of aliphatic imine (C=N–C) groups is 1. The molecule has 0 bridgehead atoms. The third-order valence-corrected chi connectivity index (χ3v) is 7.30. The van der Waals surface area contributed by atoms with E-state index in [4.69, 9.17) is 16.2 Å². The molecule has 1 aliphatic carbocycles. The Kier molecular flexibility index (Phi) is 8.58. The third-order valence-electron chi connectivity index (χ3n) is 7.30. The highest BCUT2D eigenvalue weighted by molar-refractivity contribution is 5.81. The zero-order chi connectivity index (χ0) is 23.8. The van der Waals surface area contributed by atoms with Crippen LogP contribution in [-0.2, 0) is 9.53 Å². The number of nitrogens with zero attached hydrogens (tertiary/aromatic N) is 2. The normalized spacial score (nSPS) is 22.4. The Balaban J connectivity index is 1.50. The third kappa shape index (κ3) is 6.60. The van der Waals surface area contributed by atoms with Crippen molar-refractivity contribution in [1.29, 1.82) is 0 Å². The quantitative estimate of drug-likeness (QED) is 0.436. The van der Waals surface area contributed by atoms with E-state index in [0.29, 0.717) is 31.5 Å². The molecule has 2 fully saturated rings. The number of guanidine groups is 1.